The number of fused-ring (bicyclic) bond motifs is 2. The van der Waals surface area contributed by atoms with Crippen LogP contribution in [0, 0.1) is 22.9 Å². The van der Waals surface area contributed by atoms with Crippen molar-refractivity contribution in [2.24, 2.45) is 17.0 Å². The number of hydrogen-bond donors (Lipinski definition) is 0. The standard InChI is InChI=1S/C20H12N7.CHF3O3S/c1-27-8-4-5-13(10-27)16-9-23-19-17(24-11-21)14-6-2-3-7-15(14)18(25-12-22)20(19)26-16;2-1(3,4)8(5,6)7/h2-10H,1H3;(H,5,6,7)/q+1;/p-1. The normalized spacial score (nSPS) is 14.7. The lowest BCUT2D eigenvalue weighted by Gasteiger charge is -2.20. The average Bonchev–Trinajstić information content (AvgIpc) is 2.80. The highest BCUT2D eigenvalue weighted by Gasteiger charge is 2.37. The second-order valence-corrected chi connectivity index (χ2v) is 8.15. The van der Waals surface area contributed by atoms with Gasteiger partial charge in [-0.3, -0.25) is 0 Å². The number of alkyl halides is 3. The average molecular weight is 499 g/mol. The van der Waals surface area contributed by atoms with Crippen molar-refractivity contribution in [2.75, 3.05) is 0 Å². The molecule has 2 heterocycles. The van der Waals surface area contributed by atoms with E-state index in [1.165, 1.54) is 0 Å². The minimum Gasteiger partial charge on any atom is -0.741 e. The zero-order chi connectivity index (χ0) is 25.8. The van der Waals surface area contributed by atoms with Crippen LogP contribution in [0.4, 0.5) is 13.2 Å². The fourth-order valence-electron chi connectivity index (χ4n) is 3.08. The number of rotatable bonds is 1. The van der Waals surface area contributed by atoms with Crippen LogP contribution in [0.1, 0.15) is 22.5 Å². The minimum atomic E-state index is -6.09. The van der Waals surface area contributed by atoms with E-state index in [0.29, 0.717) is 39.6 Å². The molecule has 2 aromatic heterocycles. The van der Waals surface area contributed by atoms with E-state index in [4.69, 9.17) is 23.2 Å². The maximum atomic E-state index is 10.7. The molecule has 0 saturated carbocycles. The van der Waals surface area contributed by atoms with Crippen molar-refractivity contribution in [1.29, 1.82) is 10.5 Å². The number of aryl methyl sites for hydroxylation is 1. The number of nitriles is 2. The number of pyridine rings is 1. The molecule has 3 aromatic rings. The fraction of sp³-hybridized carbons (Fsp3) is 0.0952. The molecule has 0 atom stereocenters. The number of aliphatic imine (C=N–C) groups is 2. The topological polar surface area (TPSA) is 159 Å². The van der Waals surface area contributed by atoms with E-state index >= 15 is 0 Å². The Hall–Kier alpha value is -4.53. The Morgan fingerprint density at radius 2 is 1.54 bits per heavy atom. The van der Waals surface area contributed by atoms with Gasteiger partial charge in [-0.25, -0.2) is 23.0 Å². The van der Waals surface area contributed by atoms with E-state index in [2.05, 4.69) is 15.0 Å². The van der Waals surface area contributed by atoms with Gasteiger partial charge in [0.2, 0.25) is 12.4 Å². The summed E-state index contributed by atoms with van der Waals surface area (Å²) in [4.78, 5) is 17.2. The van der Waals surface area contributed by atoms with Crippen molar-refractivity contribution in [3.8, 4) is 23.6 Å². The molecule has 0 bridgehead atoms. The van der Waals surface area contributed by atoms with Crippen LogP contribution in [-0.4, -0.2) is 39.9 Å². The van der Waals surface area contributed by atoms with Gasteiger partial charge in [-0.15, -0.1) is 0 Å². The third-order valence-electron chi connectivity index (χ3n) is 4.50. The number of halogens is 3. The van der Waals surface area contributed by atoms with Gasteiger partial charge in [0.05, 0.1) is 17.5 Å². The second kappa shape index (κ2) is 9.76. The maximum absolute atomic E-state index is 10.7. The monoisotopic (exact) mass is 499 g/mol. The molecule has 1 aromatic carbocycles. The lowest BCUT2D eigenvalue weighted by Crippen LogP contribution is -2.27. The van der Waals surface area contributed by atoms with E-state index in [1.54, 1.807) is 6.20 Å². The number of benzene rings is 1. The maximum Gasteiger partial charge on any atom is 0.485 e. The van der Waals surface area contributed by atoms with Crippen LogP contribution in [0.2, 0.25) is 0 Å². The third-order valence-corrected chi connectivity index (χ3v) is 5.07. The van der Waals surface area contributed by atoms with Crippen LogP contribution in [0.15, 0.2) is 65.0 Å². The molecule has 0 aliphatic heterocycles. The van der Waals surface area contributed by atoms with Gasteiger partial charge in [0.25, 0.3) is 0 Å². The van der Waals surface area contributed by atoms with Gasteiger partial charge in [0.15, 0.2) is 22.5 Å². The SMILES string of the molecule is C[n+]1cccc(-c2cnc3c(n2)C(=NC#N)c2ccccc2C3=NC#N)c1.O=S(=O)([O-])C(F)(F)F. The second-order valence-electron chi connectivity index (χ2n) is 6.78. The van der Waals surface area contributed by atoms with E-state index < -0.39 is 15.6 Å². The largest absolute Gasteiger partial charge is 0.741 e. The highest BCUT2D eigenvalue weighted by atomic mass is 32.2. The molecule has 14 heteroatoms. The summed E-state index contributed by atoms with van der Waals surface area (Å²) in [6.45, 7) is 0. The van der Waals surface area contributed by atoms with Gasteiger partial charge in [0.1, 0.15) is 29.9 Å². The van der Waals surface area contributed by atoms with Crippen LogP contribution in [0.25, 0.3) is 11.3 Å². The smallest absolute Gasteiger partial charge is 0.485 e. The number of nitrogens with zero attached hydrogens (tertiary/aromatic N) is 7. The molecule has 0 fully saturated rings. The highest BCUT2D eigenvalue weighted by Crippen LogP contribution is 2.28. The summed E-state index contributed by atoms with van der Waals surface area (Å²) in [6.07, 6.45) is 9.17. The van der Waals surface area contributed by atoms with Gasteiger partial charge < -0.3 is 4.55 Å². The molecule has 0 unspecified atom stereocenters. The molecule has 1 aliphatic rings. The predicted molar refractivity (Wildman–Crippen MR) is 113 cm³/mol. The van der Waals surface area contributed by atoms with Gasteiger partial charge in [-0.1, -0.05) is 24.3 Å². The van der Waals surface area contributed by atoms with Crippen LogP contribution in [0.3, 0.4) is 0 Å². The minimum absolute atomic E-state index is 0.426. The predicted octanol–water partition coefficient (Wildman–Crippen LogP) is 1.97. The lowest BCUT2D eigenvalue weighted by molar-refractivity contribution is -0.671. The molecule has 1 aliphatic carbocycles. The molecule has 4 rings (SSSR count). The van der Waals surface area contributed by atoms with Crippen molar-refractivity contribution in [3.05, 3.63) is 77.5 Å². The Bertz CT molecular complexity index is 1550. The van der Waals surface area contributed by atoms with Crippen LogP contribution < -0.4 is 4.57 Å². The zero-order valence-electron chi connectivity index (χ0n) is 17.6. The molecule has 10 nitrogen and oxygen atoms in total. The van der Waals surface area contributed by atoms with Gasteiger partial charge in [0, 0.05) is 17.2 Å². The van der Waals surface area contributed by atoms with Crippen molar-refractivity contribution in [1.82, 2.24) is 9.97 Å². The summed E-state index contributed by atoms with van der Waals surface area (Å²) in [5.74, 6) is 0. The van der Waals surface area contributed by atoms with Crippen molar-refractivity contribution < 1.29 is 30.7 Å². The van der Waals surface area contributed by atoms with E-state index in [1.807, 2.05) is 72.8 Å². The zero-order valence-corrected chi connectivity index (χ0v) is 18.4. The van der Waals surface area contributed by atoms with E-state index in [-0.39, 0.29) is 0 Å². The highest BCUT2D eigenvalue weighted by molar-refractivity contribution is 7.86. The first-order chi connectivity index (χ1) is 16.5. The Kier molecular flexibility index (Phi) is 7.00. The molecule has 35 heavy (non-hydrogen) atoms. The Balaban J connectivity index is 0.000000371. The first-order valence-electron chi connectivity index (χ1n) is 9.37. The van der Waals surface area contributed by atoms with E-state index in [9.17, 15) is 18.4 Å². The molecule has 0 N–H and O–H groups in total. The third kappa shape index (κ3) is 5.35. The first kappa shape index (κ1) is 25.1. The molecule has 176 valence electrons. The first-order valence-corrected chi connectivity index (χ1v) is 10.8. The van der Waals surface area contributed by atoms with Crippen molar-refractivity contribution in [2.45, 2.75) is 5.51 Å². The Labute approximate surface area is 196 Å². The summed E-state index contributed by atoms with van der Waals surface area (Å²) >= 11 is 0. The molecular weight excluding hydrogens is 487 g/mol. The van der Waals surface area contributed by atoms with Crippen LogP contribution in [0.5, 0.6) is 0 Å². The fourth-order valence-corrected chi connectivity index (χ4v) is 3.08. The molecule has 0 spiro atoms. The Morgan fingerprint density at radius 3 is 2.03 bits per heavy atom. The number of aromatic nitrogens is 3. The molecular formula is C21H12F3N7O3S. The molecule has 0 radical (unpaired) electrons. The van der Waals surface area contributed by atoms with Crippen LogP contribution in [-0.2, 0) is 17.2 Å². The van der Waals surface area contributed by atoms with Crippen LogP contribution >= 0.6 is 0 Å². The van der Waals surface area contributed by atoms with Crippen molar-refractivity contribution in [3.63, 3.8) is 0 Å². The van der Waals surface area contributed by atoms with E-state index in [0.717, 1.165) is 5.56 Å². The summed E-state index contributed by atoms with van der Waals surface area (Å²) < 4.78 is 60.8. The van der Waals surface area contributed by atoms with Gasteiger partial charge >= 0.3 is 5.51 Å². The summed E-state index contributed by atoms with van der Waals surface area (Å²) in [6, 6.07) is 11.2. The quantitative estimate of drug-likeness (QED) is 0.167. The molecule has 0 saturated heterocycles. The van der Waals surface area contributed by atoms with Crippen molar-refractivity contribution >= 4 is 21.5 Å². The number of hydrogen-bond acceptors (Lipinski definition) is 9. The van der Waals surface area contributed by atoms with Gasteiger partial charge in [-0.2, -0.15) is 33.7 Å². The summed E-state index contributed by atoms with van der Waals surface area (Å²) in [5.41, 5.74) is -0.990. The molecule has 0 amide bonds. The lowest BCUT2D eigenvalue weighted by atomic mass is 9.88. The summed E-state index contributed by atoms with van der Waals surface area (Å²) in [7, 11) is -4.17. The Morgan fingerprint density at radius 1 is 1.00 bits per heavy atom. The van der Waals surface area contributed by atoms with Gasteiger partial charge in [-0.05, 0) is 6.07 Å². The summed E-state index contributed by atoms with van der Waals surface area (Å²) in [5, 5.41) is 18.3.